The van der Waals surface area contributed by atoms with Gasteiger partial charge in [-0.2, -0.15) is 0 Å². The Bertz CT molecular complexity index is 810. The summed E-state index contributed by atoms with van der Waals surface area (Å²) in [6.07, 6.45) is 14.4. The van der Waals surface area contributed by atoms with E-state index in [4.69, 9.17) is 9.39 Å². The molecule has 0 aromatic heterocycles. The second kappa shape index (κ2) is 24.6. The van der Waals surface area contributed by atoms with Gasteiger partial charge >= 0.3 is 30.8 Å². The van der Waals surface area contributed by atoms with E-state index < -0.39 is 0 Å². The second-order valence-electron chi connectivity index (χ2n) is 8.62. The summed E-state index contributed by atoms with van der Waals surface area (Å²) in [5.74, 6) is 0. The third kappa shape index (κ3) is 17.4. The molecule has 2 aromatic carbocycles. The van der Waals surface area contributed by atoms with Crippen molar-refractivity contribution in [1.29, 1.82) is 0 Å². The summed E-state index contributed by atoms with van der Waals surface area (Å²) in [7, 11) is 0.262. The van der Waals surface area contributed by atoms with E-state index >= 15 is 0 Å². The van der Waals surface area contributed by atoms with E-state index in [9.17, 15) is 0 Å². The maximum absolute atomic E-state index is 7.50. The molecule has 37 heavy (non-hydrogen) atoms. The normalized spacial score (nSPS) is 11.5. The van der Waals surface area contributed by atoms with Crippen LogP contribution in [-0.2, 0) is 28.9 Å². The number of hydrogen-bond acceptors (Lipinski definition) is 1. The molecule has 0 unspecified atom stereocenters. The Hall–Kier alpha value is -1.71. The molecule has 1 aliphatic carbocycles. The molecule has 4 heteroatoms. The molecule has 3 rings (SSSR count). The van der Waals surface area contributed by atoms with Gasteiger partial charge in [0.15, 0.2) is 0 Å². The van der Waals surface area contributed by atoms with Gasteiger partial charge in [-0.05, 0) is 55.3 Å². The molecule has 0 aliphatic heterocycles. The van der Waals surface area contributed by atoms with E-state index in [-0.39, 0.29) is 27.4 Å². The average molecular weight is 602 g/mol. The topological polar surface area (TPSA) is 29.1 Å². The Morgan fingerprint density at radius 1 is 0.811 bits per heavy atom. The molecule has 0 atom stereocenters. The van der Waals surface area contributed by atoms with Crippen LogP contribution in [0.5, 0.6) is 0 Å². The van der Waals surface area contributed by atoms with Gasteiger partial charge in [-0.1, -0.05) is 134 Å². The first-order chi connectivity index (χ1) is 17.4. The predicted molar refractivity (Wildman–Crippen MR) is 156 cm³/mol. The third-order valence-corrected chi connectivity index (χ3v) is 8.50. The predicted octanol–water partition coefficient (Wildman–Crippen LogP) is 8.91. The van der Waals surface area contributed by atoms with Crippen LogP contribution in [0, 0.1) is 45.0 Å². The first kappa shape index (κ1) is 37.4. The molecule has 0 amide bonds. The van der Waals surface area contributed by atoms with Crippen molar-refractivity contribution in [3.63, 3.8) is 0 Å². The fourth-order valence-electron chi connectivity index (χ4n) is 3.82. The Balaban J connectivity index is 0. The van der Waals surface area contributed by atoms with Crippen molar-refractivity contribution < 1.29 is 28.9 Å². The first-order valence-corrected chi connectivity index (χ1v) is 13.8. The van der Waals surface area contributed by atoms with E-state index in [0.717, 1.165) is 33.7 Å². The number of benzene rings is 2. The molecule has 1 saturated carbocycles. The molecule has 0 N–H and O–H groups in total. The van der Waals surface area contributed by atoms with Crippen LogP contribution in [0.15, 0.2) is 79.0 Å². The SMILES string of the molecule is C=CCO[C-]=C=C(c1ccccc1)c1ccccc1.CC(C)P(C(C)C)C(C)C.[C-]#[O+].[CH]1[CH][CH][CH][CH]1.[Ru+2]. The zero-order valence-corrected chi connectivity index (χ0v) is 25.6. The second-order valence-corrected chi connectivity index (χ2v) is 12.6. The van der Waals surface area contributed by atoms with Crippen LogP contribution >= 0.6 is 7.92 Å². The zero-order valence-electron chi connectivity index (χ0n) is 23.0. The quantitative estimate of drug-likeness (QED) is 0.0434. The summed E-state index contributed by atoms with van der Waals surface area (Å²) in [4.78, 5) is 0. The molecule has 197 valence electrons. The van der Waals surface area contributed by atoms with E-state index in [2.05, 4.69) is 66.8 Å². The molecule has 0 heterocycles. The fourth-order valence-corrected chi connectivity index (χ4v) is 7.40. The summed E-state index contributed by atoms with van der Waals surface area (Å²) in [6.45, 7) is 22.6. The largest absolute Gasteiger partial charge is 2.00 e. The summed E-state index contributed by atoms with van der Waals surface area (Å²) in [6, 6.07) is 20.2. The van der Waals surface area contributed by atoms with Crippen LogP contribution in [0.2, 0.25) is 0 Å². The van der Waals surface area contributed by atoms with Crippen LogP contribution in [-0.4, -0.2) is 23.6 Å². The molecular weight excluding hydrogens is 560 g/mol. The van der Waals surface area contributed by atoms with E-state index in [1.165, 1.54) is 0 Å². The average Bonchev–Trinajstić information content (AvgIpc) is 3.47. The van der Waals surface area contributed by atoms with Crippen LogP contribution in [0.25, 0.3) is 5.57 Å². The van der Waals surface area contributed by atoms with Crippen molar-refractivity contribution in [2.24, 2.45) is 0 Å². The summed E-state index contributed by atoms with van der Waals surface area (Å²) >= 11 is 0. The van der Waals surface area contributed by atoms with Crippen LogP contribution in [0.3, 0.4) is 0 Å². The molecule has 2 nitrogen and oxygen atoms in total. The third-order valence-electron chi connectivity index (χ3n) is 4.92. The number of rotatable bonds is 8. The van der Waals surface area contributed by atoms with Gasteiger partial charge in [-0.15, -0.1) is 5.57 Å². The maximum Gasteiger partial charge on any atom is 2.00 e. The number of ether oxygens (including phenoxy) is 1. The van der Waals surface area contributed by atoms with Crippen molar-refractivity contribution in [2.45, 2.75) is 58.5 Å². The van der Waals surface area contributed by atoms with Crippen molar-refractivity contribution in [1.82, 2.24) is 0 Å². The van der Waals surface area contributed by atoms with Gasteiger partial charge in [0, 0.05) is 0 Å². The standard InChI is InChI=1S/C18H15O.C9H21P.C5H5.CO.Ru/c1-2-14-19-15-13-18(16-9-5-3-6-10-16)17-11-7-4-8-12-17;1-7(2)10(8(3)4)9(5)6;1-2-4-5-3-1;1-2;/h2-12H,1,14H2;7-9H,1-6H3;1-5H;;/q-1;;;;+2. The Morgan fingerprint density at radius 3 is 1.43 bits per heavy atom. The Morgan fingerprint density at radius 2 is 1.16 bits per heavy atom. The molecule has 0 spiro atoms. The van der Waals surface area contributed by atoms with Gasteiger partial charge in [0.05, 0.1) is 6.61 Å². The van der Waals surface area contributed by atoms with Crippen molar-refractivity contribution in [3.05, 3.63) is 135 Å². The smallest absolute Gasteiger partial charge is 0.0312 e. The zero-order chi connectivity index (χ0) is 27.2. The van der Waals surface area contributed by atoms with Gasteiger partial charge < -0.3 is 4.74 Å². The Kier molecular flexibility index (Phi) is 24.9. The Labute approximate surface area is 241 Å². The molecule has 1 aliphatic rings. The van der Waals surface area contributed by atoms with E-state index in [1.54, 1.807) is 6.08 Å². The minimum Gasteiger partial charge on any atom is -0.0312 e. The molecule has 2 aromatic rings. The van der Waals surface area contributed by atoms with Crippen LogP contribution in [0.1, 0.15) is 52.7 Å². The number of hydrogen-bond donors (Lipinski definition) is 0. The molecule has 1 fully saturated rings. The van der Waals surface area contributed by atoms with Crippen LogP contribution < -0.4 is 0 Å². The van der Waals surface area contributed by atoms with Crippen molar-refractivity contribution in [2.75, 3.05) is 6.61 Å². The van der Waals surface area contributed by atoms with E-state index in [0.29, 0.717) is 6.61 Å². The molecule has 0 saturated heterocycles. The van der Waals surface area contributed by atoms with Crippen molar-refractivity contribution >= 4 is 13.5 Å². The van der Waals surface area contributed by atoms with Gasteiger partial charge in [0.1, 0.15) is 0 Å². The van der Waals surface area contributed by atoms with Gasteiger partial charge in [-0.3, -0.25) is 5.73 Å². The molecule has 5 radical (unpaired) electrons. The summed E-state index contributed by atoms with van der Waals surface area (Å²) in [5, 5.41) is 0. The fraction of sp³-hybridized carbons (Fsp3) is 0.303. The van der Waals surface area contributed by atoms with Gasteiger partial charge in [0.2, 0.25) is 0 Å². The van der Waals surface area contributed by atoms with Crippen LogP contribution in [0.4, 0.5) is 0 Å². The van der Waals surface area contributed by atoms with E-state index in [1.807, 2.05) is 92.8 Å². The van der Waals surface area contributed by atoms with Gasteiger partial charge in [-0.25, -0.2) is 0 Å². The maximum atomic E-state index is 7.50. The monoisotopic (exact) mass is 602 g/mol. The van der Waals surface area contributed by atoms with Gasteiger partial charge in [0.25, 0.3) is 0 Å². The minimum atomic E-state index is 0. The minimum absolute atomic E-state index is 0. The summed E-state index contributed by atoms with van der Waals surface area (Å²) < 4.78 is 12.7. The first-order valence-electron chi connectivity index (χ1n) is 12.2. The molecular formula is C33H41O2PRu+. The van der Waals surface area contributed by atoms with Crippen molar-refractivity contribution in [3.8, 4) is 0 Å². The summed E-state index contributed by atoms with van der Waals surface area (Å²) in [5.41, 5.74) is 8.91. The molecule has 0 bridgehead atoms.